The van der Waals surface area contributed by atoms with Crippen LogP contribution in [0.3, 0.4) is 0 Å². The third kappa shape index (κ3) is 2.97. The fraction of sp³-hybridized carbons (Fsp3) is 0.364. The van der Waals surface area contributed by atoms with Gasteiger partial charge in [0.1, 0.15) is 5.96 Å². The number of hydrogen-bond acceptors (Lipinski definition) is 4. The summed E-state index contributed by atoms with van der Waals surface area (Å²) in [6, 6.07) is 0.999. The average molecular weight is 228 g/mol. The van der Waals surface area contributed by atoms with Crippen molar-refractivity contribution in [3.63, 3.8) is 0 Å². The quantitative estimate of drug-likeness (QED) is 0.251. The van der Waals surface area contributed by atoms with Crippen molar-refractivity contribution in [2.45, 2.75) is 20.8 Å². The Balaban J connectivity index is 0.00000112. The van der Waals surface area contributed by atoms with Crippen molar-refractivity contribution in [1.82, 2.24) is 4.90 Å². The van der Waals surface area contributed by atoms with E-state index < -0.39 is 0 Å². The summed E-state index contributed by atoms with van der Waals surface area (Å²) in [5.74, 6) is 1.26. The summed E-state index contributed by atoms with van der Waals surface area (Å²) in [5, 5.41) is 0. The molecule has 2 aliphatic rings. The Morgan fingerprint density at radius 2 is 2.06 bits per heavy atom. The van der Waals surface area contributed by atoms with Crippen molar-refractivity contribution < 1.29 is 18.9 Å². The van der Waals surface area contributed by atoms with Crippen LogP contribution in [0.5, 0.6) is 0 Å². The van der Waals surface area contributed by atoms with Gasteiger partial charge in [-0.2, -0.15) is 0 Å². The van der Waals surface area contributed by atoms with Gasteiger partial charge in [-0.15, -0.1) is 6.08 Å². The molecule has 0 aromatic heterocycles. The van der Waals surface area contributed by atoms with Gasteiger partial charge < -0.3 is 23.4 Å². The van der Waals surface area contributed by atoms with E-state index in [0.29, 0.717) is 5.92 Å². The summed E-state index contributed by atoms with van der Waals surface area (Å²) in [6.07, 6.45) is 7.88. The molecular weight excluding hydrogens is 213 g/mol. The van der Waals surface area contributed by atoms with Crippen LogP contribution < -0.4 is 18.9 Å². The van der Waals surface area contributed by atoms with E-state index in [1.54, 1.807) is 0 Å². The number of fused-ring (bicyclic) bond motifs is 1. The molecule has 3 nitrogen and oxygen atoms in total. The third-order valence-corrected chi connectivity index (χ3v) is 2.26. The van der Waals surface area contributed by atoms with Crippen molar-refractivity contribution in [3.05, 3.63) is 30.1 Å². The fourth-order valence-corrected chi connectivity index (χ4v) is 1.52. The van der Waals surface area contributed by atoms with E-state index in [0.717, 1.165) is 12.0 Å². The van der Waals surface area contributed by atoms with E-state index in [1.165, 1.54) is 5.70 Å². The van der Waals surface area contributed by atoms with E-state index in [2.05, 4.69) is 23.8 Å². The van der Waals surface area contributed by atoms with E-state index in [-0.39, 0.29) is 32.4 Å². The van der Waals surface area contributed by atoms with Gasteiger partial charge >= 0.3 is 18.9 Å². The van der Waals surface area contributed by atoms with Crippen molar-refractivity contribution >= 4 is 25.7 Å². The first-order chi connectivity index (χ1) is 6.68. The summed E-state index contributed by atoms with van der Waals surface area (Å²) in [7, 11) is 0. The number of rotatable bonds is 1. The molecule has 0 unspecified atom stereocenters. The topological polar surface area (TPSA) is 28.0 Å². The molecule has 2 heterocycles. The summed E-state index contributed by atoms with van der Waals surface area (Å²) in [5.41, 5.74) is 1.24. The Hall–Kier alpha value is -0.563. The maximum atomic E-state index is 4.37. The van der Waals surface area contributed by atoms with Gasteiger partial charge in [-0.25, -0.2) is 0 Å². The molecule has 5 heteroatoms. The van der Waals surface area contributed by atoms with Crippen molar-refractivity contribution in [1.29, 1.82) is 0 Å². The second-order valence-corrected chi connectivity index (χ2v) is 3.76. The number of aliphatic imine (C=N–C) groups is 2. The van der Waals surface area contributed by atoms with Crippen LogP contribution in [0.1, 0.15) is 20.8 Å². The first-order valence-electron chi connectivity index (χ1n) is 4.82. The number of guanidine groups is 1. The van der Waals surface area contributed by atoms with Crippen LogP contribution in [0.2, 0.25) is 0 Å². The molecule has 82 valence electrons. The second-order valence-electron chi connectivity index (χ2n) is 3.76. The molecule has 0 amide bonds. The Morgan fingerprint density at radius 1 is 1.38 bits per heavy atom. The van der Waals surface area contributed by atoms with E-state index in [1.807, 2.05) is 36.4 Å². The zero-order valence-corrected chi connectivity index (χ0v) is 11.1. The molecule has 0 fully saturated rings. The molecule has 0 saturated carbocycles. The summed E-state index contributed by atoms with van der Waals surface area (Å²) < 4.78 is 0. The summed E-state index contributed by atoms with van der Waals surface area (Å²) in [6.45, 7) is 6.31. The number of thiol groups is 1. The van der Waals surface area contributed by atoms with Crippen LogP contribution >= 0.6 is 0 Å². The molecule has 0 atom stereocenters. The Kier molecular flexibility index (Phi) is 6.02. The molecule has 0 N–H and O–H groups in total. The zero-order valence-electron chi connectivity index (χ0n) is 10.2. The van der Waals surface area contributed by atoms with Crippen LogP contribution in [-0.4, -0.2) is 17.1 Å². The van der Waals surface area contributed by atoms with Gasteiger partial charge in [-0.1, -0.05) is 33.0 Å². The van der Waals surface area contributed by atoms with Crippen LogP contribution in [-0.2, 0) is 13.5 Å². The zero-order chi connectivity index (χ0) is 10.1. The van der Waals surface area contributed by atoms with Crippen LogP contribution in [0.4, 0.5) is 0 Å². The van der Waals surface area contributed by atoms with Crippen molar-refractivity contribution in [2.75, 3.05) is 0 Å². The molecule has 0 bridgehead atoms. The number of hydrogen-bond donors (Lipinski definition) is 0. The average Bonchev–Trinajstić information content (AvgIpc) is 2.16. The van der Waals surface area contributed by atoms with Crippen molar-refractivity contribution in [2.24, 2.45) is 15.9 Å². The molecule has 0 aliphatic carbocycles. The monoisotopic (exact) mass is 228 g/mol. The van der Waals surface area contributed by atoms with E-state index in [4.69, 9.17) is 0 Å². The molecule has 0 spiro atoms. The maximum Gasteiger partial charge on any atom is 1.00 e. The van der Waals surface area contributed by atoms with Gasteiger partial charge in [0.05, 0.1) is 0 Å². The summed E-state index contributed by atoms with van der Waals surface area (Å²) >= 11 is 0. The Bertz CT molecular complexity index is 358. The molecular formula is C11H15LiN3S-. The summed E-state index contributed by atoms with van der Waals surface area (Å²) in [4.78, 5) is 10.6. The van der Waals surface area contributed by atoms with Crippen LogP contribution in [0.25, 0.3) is 0 Å². The molecule has 2 rings (SSSR count). The normalized spacial score (nSPS) is 17.2. The Labute approximate surface area is 116 Å². The van der Waals surface area contributed by atoms with Gasteiger partial charge in [-0.05, 0) is 12.0 Å². The molecule has 0 radical (unpaired) electrons. The largest absolute Gasteiger partial charge is 1.00 e. The first-order valence-corrected chi connectivity index (χ1v) is 4.82. The minimum Gasteiger partial charge on any atom is -0.813 e. The van der Waals surface area contributed by atoms with Gasteiger partial charge in [-0.3, -0.25) is 4.99 Å². The molecule has 0 aromatic rings. The molecule has 2 aliphatic heterocycles. The van der Waals surface area contributed by atoms with E-state index >= 15 is 0 Å². The number of nitrogens with zero attached hydrogens (tertiary/aromatic N) is 3. The van der Waals surface area contributed by atoms with Gasteiger partial charge in [0, 0.05) is 11.9 Å². The van der Waals surface area contributed by atoms with Gasteiger partial charge in [0.15, 0.2) is 0 Å². The first kappa shape index (κ1) is 15.4. The minimum atomic E-state index is 0. The second kappa shape index (κ2) is 6.24. The van der Waals surface area contributed by atoms with Crippen molar-refractivity contribution in [3.8, 4) is 0 Å². The third-order valence-electron chi connectivity index (χ3n) is 2.26. The minimum absolute atomic E-state index is 0. The van der Waals surface area contributed by atoms with Gasteiger partial charge in [0.25, 0.3) is 0 Å². The molecule has 0 aromatic carbocycles. The molecule has 0 saturated heterocycles. The predicted molar refractivity (Wildman–Crippen MR) is 67.5 cm³/mol. The van der Waals surface area contributed by atoms with Crippen LogP contribution in [0.15, 0.2) is 34.0 Å². The standard InChI is InChI=1S/C11H14N3.Li.H2S/c1-8(2)10-4-6-12-11-13-9(3)5-7-14(10)11;;/h4-8H,1-3H3;;1H2/q-1;+1;/p-1. The Morgan fingerprint density at radius 3 is 2.69 bits per heavy atom. The fourth-order valence-electron chi connectivity index (χ4n) is 1.52. The van der Waals surface area contributed by atoms with E-state index in [9.17, 15) is 0 Å². The molecule has 16 heavy (non-hydrogen) atoms. The maximum absolute atomic E-state index is 4.37. The van der Waals surface area contributed by atoms with Gasteiger partial charge in [0.2, 0.25) is 0 Å². The predicted octanol–water partition coefficient (Wildman–Crippen LogP) is -0.918. The number of allylic oxidation sites excluding steroid dienone is 2. The SMILES string of the molecule is C[C-]1C=CN2C(C(C)C)=CC=NC2=N1.[Li+].[SH-]. The van der Waals surface area contributed by atoms with Crippen LogP contribution in [0, 0.1) is 12.0 Å². The smallest absolute Gasteiger partial charge is 0.813 e.